The Kier molecular flexibility index (Phi) is 5.54. The molecule has 1 aliphatic heterocycles. The van der Waals surface area contributed by atoms with E-state index in [-0.39, 0.29) is 11.9 Å². The summed E-state index contributed by atoms with van der Waals surface area (Å²) in [5.41, 5.74) is 2.01. The number of hydrogen-bond acceptors (Lipinski definition) is 3. The van der Waals surface area contributed by atoms with Gasteiger partial charge >= 0.3 is 5.97 Å². The van der Waals surface area contributed by atoms with E-state index in [2.05, 4.69) is 12.1 Å². The molecule has 1 amide bonds. The molecule has 1 aliphatic carbocycles. The summed E-state index contributed by atoms with van der Waals surface area (Å²) in [5.74, 6) is 0.280. The van der Waals surface area contributed by atoms with E-state index >= 15 is 0 Å². The van der Waals surface area contributed by atoms with E-state index in [4.69, 9.17) is 4.74 Å². The van der Waals surface area contributed by atoms with Crippen molar-refractivity contribution in [1.29, 1.82) is 0 Å². The van der Waals surface area contributed by atoms with Gasteiger partial charge in [0.1, 0.15) is 6.04 Å². The summed E-state index contributed by atoms with van der Waals surface area (Å²) in [6, 6.07) is 7.61. The summed E-state index contributed by atoms with van der Waals surface area (Å²) in [6.07, 6.45) is 9.06. The molecular formula is C20H27NO3. The van der Waals surface area contributed by atoms with Gasteiger partial charge in [-0.2, -0.15) is 0 Å². The second kappa shape index (κ2) is 7.82. The second-order valence-electron chi connectivity index (χ2n) is 6.99. The maximum absolute atomic E-state index is 12.8. The summed E-state index contributed by atoms with van der Waals surface area (Å²) in [4.78, 5) is 26.5. The van der Waals surface area contributed by atoms with Crippen molar-refractivity contribution in [2.45, 2.75) is 63.3 Å². The average molecular weight is 329 g/mol. The third-order valence-electron chi connectivity index (χ3n) is 5.47. The number of carbonyl (C=O) groups excluding carboxylic acids is 2. The van der Waals surface area contributed by atoms with E-state index in [9.17, 15) is 9.59 Å². The minimum atomic E-state index is -0.436. The first-order valence-electron chi connectivity index (χ1n) is 9.19. The molecule has 2 aliphatic rings. The number of piperidine rings is 1. The normalized spacial score (nSPS) is 22.2. The highest BCUT2D eigenvalue weighted by Crippen LogP contribution is 2.32. The number of methoxy groups -OCH3 is 1. The van der Waals surface area contributed by atoms with Crippen LogP contribution in [-0.4, -0.2) is 36.5 Å². The van der Waals surface area contributed by atoms with Crippen LogP contribution in [0.1, 0.15) is 73.2 Å². The highest BCUT2D eigenvalue weighted by Gasteiger charge is 2.33. The fourth-order valence-electron chi connectivity index (χ4n) is 4.06. The second-order valence-corrected chi connectivity index (χ2v) is 6.99. The minimum Gasteiger partial charge on any atom is -0.467 e. The molecule has 0 radical (unpaired) electrons. The minimum absolute atomic E-state index is 0.0553. The molecule has 1 saturated carbocycles. The van der Waals surface area contributed by atoms with Crippen molar-refractivity contribution in [3.63, 3.8) is 0 Å². The fraction of sp³-hybridized carbons (Fsp3) is 0.600. The molecule has 0 aromatic heterocycles. The largest absolute Gasteiger partial charge is 0.467 e. The molecule has 0 bridgehead atoms. The van der Waals surface area contributed by atoms with Gasteiger partial charge in [0.2, 0.25) is 0 Å². The van der Waals surface area contributed by atoms with Crippen LogP contribution in [0.25, 0.3) is 0 Å². The molecule has 4 nitrogen and oxygen atoms in total. The van der Waals surface area contributed by atoms with Gasteiger partial charge in [-0.15, -0.1) is 0 Å². The number of benzene rings is 1. The fourth-order valence-corrected chi connectivity index (χ4v) is 4.06. The van der Waals surface area contributed by atoms with Gasteiger partial charge in [0.25, 0.3) is 5.91 Å². The molecule has 1 saturated heterocycles. The highest BCUT2D eigenvalue weighted by atomic mass is 16.5. The van der Waals surface area contributed by atoms with Crippen molar-refractivity contribution >= 4 is 11.9 Å². The molecule has 130 valence electrons. The first kappa shape index (κ1) is 17.0. The Morgan fingerprint density at radius 2 is 1.62 bits per heavy atom. The van der Waals surface area contributed by atoms with E-state index in [1.54, 1.807) is 4.90 Å². The molecule has 0 spiro atoms. The SMILES string of the molecule is COC(=O)[C@@H]1CCCCN1C(=O)c1ccc(C2CCCCC2)cc1. The standard InChI is InChI=1S/C20H27NO3/c1-24-20(23)18-9-5-6-14-21(18)19(22)17-12-10-16(11-13-17)15-7-3-2-4-8-15/h10-13,15,18H,2-9,14H2,1H3/t18-/m0/s1. The number of rotatable bonds is 3. The lowest BCUT2D eigenvalue weighted by Crippen LogP contribution is -2.48. The van der Waals surface area contributed by atoms with E-state index in [0.29, 0.717) is 24.4 Å². The van der Waals surface area contributed by atoms with Crippen molar-refractivity contribution in [3.8, 4) is 0 Å². The van der Waals surface area contributed by atoms with E-state index in [1.807, 2.05) is 12.1 Å². The van der Waals surface area contributed by atoms with Crippen LogP contribution >= 0.6 is 0 Å². The van der Waals surface area contributed by atoms with Crippen molar-refractivity contribution in [2.24, 2.45) is 0 Å². The van der Waals surface area contributed by atoms with Gasteiger partial charge < -0.3 is 9.64 Å². The maximum atomic E-state index is 12.8. The summed E-state index contributed by atoms with van der Waals surface area (Å²) in [6.45, 7) is 0.628. The van der Waals surface area contributed by atoms with Crippen LogP contribution in [-0.2, 0) is 9.53 Å². The zero-order valence-electron chi connectivity index (χ0n) is 14.5. The molecule has 0 N–H and O–H groups in total. The lowest BCUT2D eigenvalue weighted by atomic mass is 9.84. The Morgan fingerprint density at radius 3 is 2.29 bits per heavy atom. The Hall–Kier alpha value is -1.84. The van der Waals surface area contributed by atoms with Crippen molar-refractivity contribution < 1.29 is 14.3 Å². The molecule has 24 heavy (non-hydrogen) atoms. The Bertz CT molecular complexity index is 575. The van der Waals surface area contributed by atoms with Crippen LogP contribution in [0.2, 0.25) is 0 Å². The number of likely N-dealkylation sites (tertiary alicyclic amines) is 1. The maximum Gasteiger partial charge on any atom is 0.328 e. The summed E-state index contributed by atoms with van der Waals surface area (Å²) in [7, 11) is 1.39. The monoisotopic (exact) mass is 329 g/mol. The summed E-state index contributed by atoms with van der Waals surface area (Å²) >= 11 is 0. The lowest BCUT2D eigenvalue weighted by Gasteiger charge is -2.33. The van der Waals surface area contributed by atoms with Gasteiger partial charge in [0.15, 0.2) is 0 Å². The number of ether oxygens (including phenoxy) is 1. The molecule has 4 heteroatoms. The first-order valence-corrected chi connectivity index (χ1v) is 9.19. The number of nitrogens with zero attached hydrogens (tertiary/aromatic N) is 1. The molecule has 0 unspecified atom stereocenters. The lowest BCUT2D eigenvalue weighted by molar-refractivity contribution is -0.147. The quantitative estimate of drug-likeness (QED) is 0.790. The van der Waals surface area contributed by atoms with Gasteiger partial charge in [-0.05, 0) is 55.7 Å². The third-order valence-corrected chi connectivity index (χ3v) is 5.47. The summed E-state index contributed by atoms with van der Waals surface area (Å²) < 4.78 is 4.87. The van der Waals surface area contributed by atoms with E-state index in [0.717, 1.165) is 12.8 Å². The van der Waals surface area contributed by atoms with Crippen LogP contribution in [0.15, 0.2) is 24.3 Å². The first-order chi connectivity index (χ1) is 11.7. The topological polar surface area (TPSA) is 46.6 Å². The number of esters is 1. The van der Waals surface area contributed by atoms with Crippen molar-refractivity contribution in [3.05, 3.63) is 35.4 Å². The number of carbonyl (C=O) groups is 2. The Labute approximate surface area is 144 Å². The van der Waals surface area contributed by atoms with Gasteiger partial charge in [0, 0.05) is 12.1 Å². The predicted octanol–water partition coefficient (Wildman–Crippen LogP) is 3.90. The van der Waals surface area contributed by atoms with Crippen molar-refractivity contribution in [1.82, 2.24) is 4.90 Å². The van der Waals surface area contributed by atoms with Crippen LogP contribution < -0.4 is 0 Å². The molecule has 1 heterocycles. The summed E-state index contributed by atoms with van der Waals surface area (Å²) in [5, 5.41) is 0. The van der Waals surface area contributed by atoms with Crippen molar-refractivity contribution in [2.75, 3.05) is 13.7 Å². The highest BCUT2D eigenvalue weighted by molar-refractivity contribution is 5.97. The number of hydrogen-bond donors (Lipinski definition) is 0. The van der Waals surface area contributed by atoms with E-state index < -0.39 is 6.04 Å². The molecular weight excluding hydrogens is 302 g/mol. The molecule has 1 atom stereocenters. The predicted molar refractivity (Wildman–Crippen MR) is 93.0 cm³/mol. The van der Waals surface area contributed by atoms with Crippen LogP contribution in [0, 0.1) is 0 Å². The van der Waals surface area contributed by atoms with Crippen LogP contribution in [0.4, 0.5) is 0 Å². The Morgan fingerprint density at radius 1 is 0.958 bits per heavy atom. The third kappa shape index (κ3) is 3.63. The molecule has 2 fully saturated rings. The van der Waals surface area contributed by atoms with Gasteiger partial charge in [-0.1, -0.05) is 31.4 Å². The van der Waals surface area contributed by atoms with Gasteiger partial charge in [-0.3, -0.25) is 4.79 Å². The van der Waals surface area contributed by atoms with Gasteiger partial charge in [0.05, 0.1) is 7.11 Å². The van der Waals surface area contributed by atoms with Crippen LogP contribution in [0.3, 0.4) is 0 Å². The van der Waals surface area contributed by atoms with E-state index in [1.165, 1.54) is 44.8 Å². The zero-order valence-corrected chi connectivity index (χ0v) is 14.5. The van der Waals surface area contributed by atoms with Gasteiger partial charge in [-0.25, -0.2) is 4.79 Å². The van der Waals surface area contributed by atoms with Crippen LogP contribution in [0.5, 0.6) is 0 Å². The molecule has 1 aromatic carbocycles. The smallest absolute Gasteiger partial charge is 0.328 e. The zero-order chi connectivity index (χ0) is 16.9. The number of amides is 1. The molecule has 3 rings (SSSR count). The average Bonchev–Trinajstić information content (AvgIpc) is 2.67. The Balaban J connectivity index is 1.72. The molecule has 1 aromatic rings.